The van der Waals surface area contributed by atoms with Gasteiger partial charge in [0.15, 0.2) is 5.75 Å². The van der Waals surface area contributed by atoms with Crippen LogP contribution in [0.3, 0.4) is 0 Å². The molecule has 0 radical (unpaired) electrons. The molecule has 22 heavy (non-hydrogen) atoms. The Morgan fingerprint density at radius 3 is 2.77 bits per heavy atom. The number of aliphatic carboxylic acids is 1. The van der Waals surface area contributed by atoms with Gasteiger partial charge < -0.3 is 30.8 Å². The Kier molecular flexibility index (Phi) is 6.70. The summed E-state index contributed by atoms with van der Waals surface area (Å²) in [6.45, 7) is 0. The maximum Gasteiger partial charge on any atom is 0.320 e. The van der Waals surface area contributed by atoms with Crippen molar-refractivity contribution >= 4 is 19.8 Å². The lowest BCUT2D eigenvalue weighted by Gasteiger charge is -2.26. The van der Waals surface area contributed by atoms with Gasteiger partial charge in [0, 0.05) is 12.8 Å². The lowest BCUT2D eigenvalue weighted by molar-refractivity contribution is -0.219. The second kappa shape index (κ2) is 8.05. The van der Waals surface area contributed by atoms with Gasteiger partial charge in [0.25, 0.3) is 7.94 Å². The zero-order valence-corrected chi connectivity index (χ0v) is 12.9. The lowest BCUT2D eigenvalue weighted by atomic mass is 10.1. The van der Waals surface area contributed by atoms with Crippen LogP contribution in [0, 0.1) is 5.41 Å². The molecule has 2 atom stereocenters. The van der Waals surface area contributed by atoms with Crippen LogP contribution >= 0.6 is 7.94 Å². The third kappa shape index (κ3) is 5.95. The summed E-state index contributed by atoms with van der Waals surface area (Å²) in [5.74, 6) is -1.73. The first-order valence-corrected chi connectivity index (χ1v) is 8.14. The van der Waals surface area contributed by atoms with E-state index < -0.39 is 25.9 Å². The van der Waals surface area contributed by atoms with Crippen LogP contribution in [-0.4, -0.2) is 36.3 Å². The van der Waals surface area contributed by atoms with Crippen molar-refractivity contribution in [3.05, 3.63) is 29.8 Å². The first-order chi connectivity index (χ1) is 10.3. The summed E-state index contributed by atoms with van der Waals surface area (Å²) in [5, 5.41) is 26.4. The molecule has 1 rings (SSSR count). The van der Waals surface area contributed by atoms with Crippen molar-refractivity contribution in [2.45, 2.75) is 18.9 Å². The van der Waals surface area contributed by atoms with E-state index in [9.17, 15) is 14.8 Å². The molecule has 9 heteroatoms. The fourth-order valence-corrected chi connectivity index (χ4v) is 3.03. The molecule has 8 nitrogen and oxygen atoms in total. The molecule has 0 aliphatic carbocycles. The van der Waals surface area contributed by atoms with Crippen molar-refractivity contribution in [2.24, 2.45) is 5.73 Å². The molecule has 0 aliphatic rings. The molecule has 0 fully saturated rings. The van der Waals surface area contributed by atoms with Gasteiger partial charge >= 0.3 is 5.97 Å². The molecular weight excluding hydrogens is 311 g/mol. The highest BCUT2D eigenvalue weighted by Crippen LogP contribution is 2.52. The highest BCUT2D eigenvalue weighted by molar-refractivity contribution is 7.59. The van der Waals surface area contributed by atoms with Crippen LogP contribution in [0.2, 0.25) is 0 Å². The van der Waals surface area contributed by atoms with Crippen LogP contribution in [0.15, 0.2) is 24.3 Å². The summed E-state index contributed by atoms with van der Waals surface area (Å²) >= 11 is 0. The van der Waals surface area contributed by atoms with Gasteiger partial charge in [-0.2, -0.15) is 0 Å². The summed E-state index contributed by atoms with van der Waals surface area (Å²) in [6, 6.07) is 5.09. The first-order valence-electron chi connectivity index (χ1n) is 6.42. The average Bonchev–Trinajstić information content (AvgIpc) is 2.44. The maximum absolute atomic E-state index is 12.4. The van der Waals surface area contributed by atoms with E-state index in [1.54, 1.807) is 12.1 Å². The lowest BCUT2D eigenvalue weighted by Crippen LogP contribution is -2.33. The Morgan fingerprint density at radius 2 is 2.23 bits per heavy atom. The van der Waals surface area contributed by atoms with Crippen LogP contribution in [0.1, 0.15) is 12.0 Å². The molecule has 0 aromatic heterocycles. The molecule has 0 saturated heterocycles. The number of hydrogen-bond acceptors (Lipinski definition) is 7. The Labute approximate surface area is 128 Å². The average molecular weight is 329 g/mol. The minimum atomic E-state index is -3.54. The summed E-state index contributed by atoms with van der Waals surface area (Å²) in [6.07, 6.45) is -0.303. The van der Waals surface area contributed by atoms with E-state index in [0.717, 1.165) is 0 Å². The van der Waals surface area contributed by atoms with Crippen LogP contribution in [0.4, 0.5) is 0 Å². The number of carbonyl (C=O) groups is 1. The fourth-order valence-electron chi connectivity index (χ4n) is 1.65. The molecular formula is C13H18N2O6P-. The van der Waals surface area contributed by atoms with Crippen molar-refractivity contribution in [3.63, 3.8) is 0 Å². The van der Waals surface area contributed by atoms with Crippen LogP contribution in [-0.2, 0) is 15.7 Å². The SMILES string of the molecule is CO[P+]([O-])(CCC(N)C(=O)O)Oc1cccc(CC(=N)[O-])c1. The van der Waals surface area contributed by atoms with Gasteiger partial charge in [-0.1, -0.05) is 12.1 Å². The number of nitrogens with one attached hydrogen (secondary N) is 1. The quantitative estimate of drug-likeness (QED) is 0.314. The minimum Gasteiger partial charge on any atom is -0.862 e. The van der Waals surface area contributed by atoms with Crippen molar-refractivity contribution in [1.82, 2.24) is 0 Å². The number of rotatable bonds is 9. The second-order valence-corrected chi connectivity index (χ2v) is 6.81. The van der Waals surface area contributed by atoms with Crippen LogP contribution in [0.25, 0.3) is 0 Å². The predicted octanol–water partition coefficient (Wildman–Crippen LogP) is -0.483. The van der Waals surface area contributed by atoms with Crippen molar-refractivity contribution in [3.8, 4) is 5.75 Å². The number of nitrogens with two attached hydrogens (primary N) is 1. The standard InChI is InChI=1S/C13H19N2O6P/c1-20-22(19,6-5-11(14)13(17)18)21-10-4-2-3-9(7-10)8-12(15)16/h2-4,7,11H,5-6,8,14H2,1H3,(H2,15,16)(H,17,18)/p-1. The Hall–Kier alpha value is -1.73. The van der Waals surface area contributed by atoms with Crippen molar-refractivity contribution < 1.29 is 28.9 Å². The number of hydrogen-bond donors (Lipinski definition) is 3. The molecule has 0 aliphatic heterocycles. The normalized spacial score (nSPS) is 14.9. The van der Waals surface area contributed by atoms with Crippen molar-refractivity contribution in [1.29, 1.82) is 5.41 Å². The van der Waals surface area contributed by atoms with Gasteiger partial charge in [0.05, 0.1) is 7.11 Å². The molecule has 0 heterocycles. The number of benzene rings is 1. The Morgan fingerprint density at radius 1 is 1.55 bits per heavy atom. The van der Waals surface area contributed by atoms with E-state index in [-0.39, 0.29) is 24.8 Å². The Balaban J connectivity index is 2.75. The van der Waals surface area contributed by atoms with Crippen LogP contribution in [0.5, 0.6) is 5.75 Å². The first kappa shape index (κ1) is 18.3. The monoisotopic (exact) mass is 329 g/mol. The fraction of sp³-hybridized carbons (Fsp3) is 0.385. The largest absolute Gasteiger partial charge is 0.862 e. The van der Waals surface area contributed by atoms with E-state index in [1.807, 2.05) is 0 Å². The highest BCUT2D eigenvalue weighted by Gasteiger charge is 2.32. The predicted molar refractivity (Wildman–Crippen MR) is 77.5 cm³/mol. The van der Waals surface area contributed by atoms with Crippen LogP contribution < -0.4 is 20.3 Å². The van der Waals surface area contributed by atoms with E-state index >= 15 is 0 Å². The molecule has 2 unspecified atom stereocenters. The molecule has 0 spiro atoms. The Bertz CT molecular complexity index is 541. The summed E-state index contributed by atoms with van der Waals surface area (Å²) < 4.78 is 10.2. The summed E-state index contributed by atoms with van der Waals surface area (Å²) in [7, 11) is -2.35. The molecule has 0 amide bonds. The summed E-state index contributed by atoms with van der Waals surface area (Å²) in [4.78, 5) is 23.1. The molecule has 1 aromatic rings. The number of carboxylic acid groups (broad SMARTS) is 1. The second-order valence-electron chi connectivity index (χ2n) is 4.59. The topological polar surface area (TPSA) is 152 Å². The highest BCUT2D eigenvalue weighted by atomic mass is 31.2. The van der Waals surface area contributed by atoms with Gasteiger partial charge in [0.1, 0.15) is 12.2 Å². The summed E-state index contributed by atoms with van der Waals surface area (Å²) in [5.41, 5.74) is 5.90. The van der Waals surface area contributed by atoms with Gasteiger partial charge in [-0.3, -0.25) is 4.79 Å². The molecule has 0 bridgehead atoms. The maximum atomic E-state index is 12.4. The van der Waals surface area contributed by atoms with Crippen molar-refractivity contribution in [2.75, 3.05) is 13.3 Å². The molecule has 1 aromatic carbocycles. The zero-order valence-electron chi connectivity index (χ0n) is 12.0. The van der Waals surface area contributed by atoms with E-state index in [4.69, 9.17) is 25.3 Å². The van der Waals surface area contributed by atoms with E-state index in [1.165, 1.54) is 19.2 Å². The number of carboxylic acids is 1. The molecule has 0 saturated carbocycles. The van der Waals surface area contributed by atoms with E-state index in [0.29, 0.717) is 5.56 Å². The third-order valence-corrected chi connectivity index (χ3v) is 4.67. The van der Waals surface area contributed by atoms with Gasteiger partial charge in [-0.15, -0.1) is 0 Å². The van der Waals surface area contributed by atoms with Gasteiger partial charge in [0.2, 0.25) is 0 Å². The zero-order chi connectivity index (χ0) is 16.8. The minimum absolute atomic E-state index is 0.0641. The van der Waals surface area contributed by atoms with Gasteiger partial charge in [-0.05, 0) is 23.6 Å². The third-order valence-electron chi connectivity index (χ3n) is 2.82. The van der Waals surface area contributed by atoms with E-state index in [2.05, 4.69) is 0 Å². The smallest absolute Gasteiger partial charge is 0.320 e. The molecule has 4 N–H and O–H groups in total. The molecule has 122 valence electrons. The van der Waals surface area contributed by atoms with Gasteiger partial charge in [-0.25, -0.2) is 4.52 Å².